The lowest BCUT2D eigenvalue weighted by atomic mass is 10.1. The van der Waals surface area contributed by atoms with Gasteiger partial charge in [-0.2, -0.15) is 0 Å². The largest absolute Gasteiger partial charge is 0.380 e. The van der Waals surface area contributed by atoms with Crippen LogP contribution in [-0.4, -0.2) is 5.91 Å². The van der Waals surface area contributed by atoms with E-state index in [1.807, 2.05) is 36.4 Å². The zero-order valence-corrected chi connectivity index (χ0v) is 12.5. The molecule has 0 heterocycles. The van der Waals surface area contributed by atoms with Gasteiger partial charge in [0.05, 0.1) is 5.56 Å². The number of rotatable bonds is 5. The van der Waals surface area contributed by atoms with Gasteiger partial charge < -0.3 is 16.8 Å². The van der Waals surface area contributed by atoms with Crippen LogP contribution in [0, 0.1) is 0 Å². The van der Waals surface area contributed by atoms with E-state index in [9.17, 15) is 4.79 Å². The summed E-state index contributed by atoms with van der Waals surface area (Å²) in [6.07, 6.45) is 0. The number of hydrogen-bond donors (Lipinski definition) is 3. The van der Waals surface area contributed by atoms with Crippen molar-refractivity contribution in [3.05, 3.63) is 63.6 Å². The molecule has 0 aliphatic rings. The van der Waals surface area contributed by atoms with Crippen molar-refractivity contribution in [1.82, 2.24) is 0 Å². The molecule has 0 saturated heterocycles. The Bertz CT molecular complexity index is 611. The molecule has 20 heavy (non-hydrogen) atoms. The van der Waals surface area contributed by atoms with E-state index in [4.69, 9.17) is 11.5 Å². The molecule has 1 amide bonds. The molecule has 0 spiro atoms. The molecule has 0 unspecified atom stereocenters. The summed E-state index contributed by atoms with van der Waals surface area (Å²) < 4.78 is 0.823. The summed E-state index contributed by atoms with van der Waals surface area (Å²) >= 11 is 3.33. The van der Waals surface area contributed by atoms with E-state index in [0.29, 0.717) is 18.7 Å². The first-order chi connectivity index (χ1) is 9.60. The molecule has 104 valence electrons. The average molecular weight is 334 g/mol. The Morgan fingerprint density at radius 2 is 1.75 bits per heavy atom. The topological polar surface area (TPSA) is 81.1 Å². The van der Waals surface area contributed by atoms with Crippen LogP contribution in [0.1, 0.15) is 21.5 Å². The predicted molar refractivity (Wildman–Crippen MR) is 84.3 cm³/mol. The first-order valence-electron chi connectivity index (χ1n) is 6.21. The van der Waals surface area contributed by atoms with Crippen LogP contribution in [0.25, 0.3) is 0 Å². The second kappa shape index (κ2) is 6.54. The number of primary amides is 1. The summed E-state index contributed by atoms with van der Waals surface area (Å²) in [5, 5.41) is 3.22. The first kappa shape index (κ1) is 14.6. The highest BCUT2D eigenvalue weighted by Gasteiger charge is 2.08. The molecule has 0 bridgehead atoms. The number of benzene rings is 2. The van der Waals surface area contributed by atoms with Crippen LogP contribution in [-0.2, 0) is 13.1 Å². The Hall–Kier alpha value is -1.85. The fourth-order valence-corrected chi connectivity index (χ4v) is 2.23. The van der Waals surface area contributed by atoms with Gasteiger partial charge >= 0.3 is 0 Å². The number of amides is 1. The zero-order valence-electron chi connectivity index (χ0n) is 10.9. The maximum absolute atomic E-state index is 11.4. The molecule has 5 N–H and O–H groups in total. The van der Waals surface area contributed by atoms with Crippen molar-refractivity contribution >= 4 is 27.5 Å². The van der Waals surface area contributed by atoms with Gasteiger partial charge in [0.15, 0.2) is 0 Å². The molecular formula is C15H16BrN3O. The van der Waals surface area contributed by atoms with Gasteiger partial charge in [0.1, 0.15) is 0 Å². The number of anilines is 1. The molecular weight excluding hydrogens is 318 g/mol. The Morgan fingerprint density at radius 1 is 1.10 bits per heavy atom. The van der Waals surface area contributed by atoms with E-state index in [1.165, 1.54) is 0 Å². The van der Waals surface area contributed by atoms with Gasteiger partial charge in [0, 0.05) is 23.2 Å². The lowest BCUT2D eigenvalue weighted by molar-refractivity contribution is 0.100. The minimum Gasteiger partial charge on any atom is -0.380 e. The Balaban J connectivity index is 2.12. The number of hydrogen-bond acceptors (Lipinski definition) is 3. The summed E-state index contributed by atoms with van der Waals surface area (Å²) in [4.78, 5) is 11.4. The smallest absolute Gasteiger partial charge is 0.250 e. The summed E-state index contributed by atoms with van der Waals surface area (Å²) in [5.41, 5.74) is 14.3. The summed E-state index contributed by atoms with van der Waals surface area (Å²) in [7, 11) is 0. The molecule has 2 aromatic rings. The predicted octanol–water partition coefficient (Wildman–Crippen LogP) is 2.62. The van der Waals surface area contributed by atoms with Crippen LogP contribution in [0.4, 0.5) is 5.69 Å². The second-order valence-electron chi connectivity index (χ2n) is 4.43. The Morgan fingerprint density at radius 3 is 2.35 bits per heavy atom. The second-order valence-corrected chi connectivity index (χ2v) is 5.34. The van der Waals surface area contributed by atoms with Gasteiger partial charge in [-0.05, 0) is 29.3 Å². The van der Waals surface area contributed by atoms with Crippen molar-refractivity contribution in [1.29, 1.82) is 0 Å². The molecule has 0 saturated carbocycles. The minimum absolute atomic E-state index is 0.452. The number of nitrogens with two attached hydrogens (primary N) is 2. The third-order valence-corrected chi connectivity index (χ3v) is 3.48. The monoisotopic (exact) mass is 333 g/mol. The van der Waals surface area contributed by atoms with Gasteiger partial charge in [-0.25, -0.2) is 0 Å². The standard InChI is InChI=1S/C15H16BrN3O/c16-12-5-6-14(13(7-12)15(18)20)19-9-11-3-1-10(8-17)2-4-11/h1-7,19H,8-9,17H2,(H2,18,20). The summed E-state index contributed by atoms with van der Waals surface area (Å²) in [5.74, 6) is -0.452. The van der Waals surface area contributed by atoms with E-state index in [2.05, 4.69) is 21.2 Å². The van der Waals surface area contributed by atoms with Crippen LogP contribution in [0.2, 0.25) is 0 Å². The number of halogens is 1. The van der Waals surface area contributed by atoms with Gasteiger partial charge in [0.2, 0.25) is 0 Å². The molecule has 0 aromatic heterocycles. The molecule has 0 atom stereocenters. The average Bonchev–Trinajstić information content (AvgIpc) is 2.46. The lowest BCUT2D eigenvalue weighted by Crippen LogP contribution is -2.14. The van der Waals surface area contributed by atoms with Crippen molar-refractivity contribution < 1.29 is 4.79 Å². The SMILES string of the molecule is NCc1ccc(CNc2ccc(Br)cc2C(N)=O)cc1. The van der Waals surface area contributed by atoms with E-state index < -0.39 is 5.91 Å². The fraction of sp³-hybridized carbons (Fsp3) is 0.133. The van der Waals surface area contributed by atoms with E-state index in [1.54, 1.807) is 6.07 Å². The Labute approximate surface area is 126 Å². The normalized spacial score (nSPS) is 10.3. The fourth-order valence-electron chi connectivity index (χ4n) is 1.86. The van der Waals surface area contributed by atoms with Crippen LogP contribution in [0.15, 0.2) is 46.9 Å². The molecule has 0 aliphatic heterocycles. The maximum atomic E-state index is 11.4. The quantitative estimate of drug-likeness (QED) is 0.786. The van der Waals surface area contributed by atoms with Crippen molar-refractivity contribution in [3.8, 4) is 0 Å². The lowest BCUT2D eigenvalue weighted by Gasteiger charge is -2.11. The zero-order chi connectivity index (χ0) is 14.5. The van der Waals surface area contributed by atoms with Gasteiger partial charge in [-0.15, -0.1) is 0 Å². The van der Waals surface area contributed by atoms with Crippen molar-refractivity contribution in [2.24, 2.45) is 11.5 Å². The van der Waals surface area contributed by atoms with E-state index in [-0.39, 0.29) is 0 Å². The van der Waals surface area contributed by atoms with Crippen LogP contribution < -0.4 is 16.8 Å². The molecule has 2 aromatic carbocycles. The third kappa shape index (κ3) is 3.59. The molecule has 4 nitrogen and oxygen atoms in total. The molecule has 2 rings (SSSR count). The number of carbonyl (C=O) groups is 1. The Kier molecular flexibility index (Phi) is 4.76. The summed E-state index contributed by atoms with van der Waals surface area (Å²) in [6.45, 7) is 1.15. The molecule has 5 heteroatoms. The highest BCUT2D eigenvalue weighted by molar-refractivity contribution is 9.10. The first-order valence-corrected chi connectivity index (χ1v) is 7.00. The van der Waals surface area contributed by atoms with Gasteiger partial charge in [0.25, 0.3) is 5.91 Å². The molecule has 0 aliphatic carbocycles. The van der Waals surface area contributed by atoms with Crippen molar-refractivity contribution in [2.75, 3.05) is 5.32 Å². The van der Waals surface area contributed by atoms with Crippen molar-refractivity contribution in [2.45, 2.75) is 13.1 Å². The van der Waals surface area contributed by atoms with E-state index >= 15 is 0 Å². The van der Waals surface area contributed by atoms with Crippen LogP contribution in [0.3, 0.4) is 0 Å². The summed E-state index contributed by atoms with van der Waals surface area (Å²) in [6, 6.07) is 13.4. The highest BCUT2D eigenvalue weighted by atomic mass is 79.9. The van der Waals surface area contributed by atoms with Crippen molar-refractivity contribution in [3.63, 3.8) is 0 Å². The highest BCUT2D eigenvalue weighted by Crippen LogP contribution is 2.21. The van der Waals surface area contributed by atoms with Gasteiger partial charge in [-0.3, -0.25) is 4.79 Å². The molecule has 0 radical (unpaired) electrons. The third-order valence-electron chi connectivity index (χ3n) is 2.99. The maximum Gasteiger partial charge on any atom is 0.250 e. The minimum atomic E-state index is -0.452. The van der Waals surface area contributed by atoms with E-state index in [0.717, 1.165) is 21.3 Å². The van der Waals surface area contributed by atoms with Gasteiger partial charge in [-0.1, -0.05) is 40.2 Å². The van der Waals surface area contributed by atoms with Crippen LogP contribution >= 0.6 is 15.9 Å². The molecule has 0 fully saturated rings. The number of carbonyl (C=O) groups excluding carboxylic acids is 1. The number of nitrogens with one attached hydrogen (secondary N) is 1. The van der Waals surface area contributed by atoms with Crippen LogP contribution in [0.5, 0.6) is 0 Å².